The van der Waals surface area contributed by atoms with Crippen LogP contribution in [0.1, 0.15) is 25.3 Å². The molecule has 1 aliphatic heterocycles. The molecule has 1 fully saturated rings. The lowest BCUT2D eigenvalue weighted by atomic mass is 9.95. The molecule has 0 radical (unpaired) electrons. The van der Waals surface area contributed by atoms with E-state index in [-0.39, 0.29) is 37.4 Å². The molecule has 3 aromatic rings. The summed E-state index contributed by atoms with van der Waals surface area (Å²) >= 11 is 6.24. The van der Waals surface area contributed by atoms with Gasteiger partial charge in [0.15, 0.2) is 0 Å². The van der Waals surface area contributed by atoms with Gasteiger partial charge in [-0.15, -0.1) is 0 Å². The van der Waals surface area contributed by atoms with Gasteiger partial charge in [-0.05, 0) is 48.9 Å². The molecule has 0 saturated carbocycles. The molecule has 36 heavy (non-hydrogen) atoms. The zero-order chi connectivity index (χ0) is 25.8. The number of carbonyl (C=O) groups excluding carboxylic acids is 1. The topological polar surface area (TPSA) is 85.8 Å². The predicted octanol–water partition coefficient (Wildman–Crippen LogP) is 5.04. The maximum absolute atomic E-state index is 15.0. The van der Waals surface area contributed by atoms with Crippen molar-refractivity contribution in [2.24, 2.45) is 0 Å². The zero-order valence-corrected chi connectivity index (χ0v) is 21.3. The number of hydrogen-bond donors (Lipinski definition) is 0. The maximum atomic E-state index is 15.0. The summed E-state index contributed by atoms with van der Waals surface area (Å²) in [6, 6.07) is 15.3. The standard InChI is InChI=1S/C26H26ClFN2O5S/c1-2-34-25(31)26(28)10-13-30(14-11-26)36(32,33)24-9-8-21(27)16-23(24)20-6-3-7-22(15-20)35-18-19-5-4-12-29-17-19/h3-9,12,15-17H,2,10-11,13-14,18H2,1H3. The number of halogens is 2. The van der Waals surface area contributed by atoms with E-state index < -0.39 is 21.7 Å². The quantitative estimate of drug-likeness (QED) is 0.378. The lowest BCUT2D eigenvalue weighted by Crippen LogP contribution is -2.49. The summed E-state index contributed by atoms with van der Waals surface area (Å²) in [5, 5.41) is 0.370. The van der Waals surface area contributed by atoms with Crippen LogP contribution in [-0.4, -0.2) is 49.0 Å². The Morgan fingerprint density at radius 2 is 1.92 bits per heavy atom. The lowest BCUT2D eigenvalue weighted by Gasteiger charge is -2.34. The summed E-state index contributed by atoms with van der Waals surface area (Å²) in [7, 11) is -4.01. The fraction of sp³-hybridized carbons (Fsp3) is 0.308. The van der Waals surface area contributed by atoms with Crippen LogP contribution in [0.5, 0.6) is 5.75 Å². The Balaban J connectivity index is 1.59. The Kier molecular flexibility index (Phi) is 7.92. The molecule has 7 nitrogen and oxygen atoms in total. The van der Waals surface area contributed by atoms with E-state index in [0.29, 0.717) is 28.5 Å². The van der Waals surface area contributed by atoms with Gasteiger partial charge in [0, 0.05) is 54.5 Å². The minimum Gasteiger partial charge on any atom is -0.489 e. The monoisotopic (exact) mass is 532 g/mol. The van der Waals surface area contributed by atoms with Crippen LogP contribution < -0.4 is 4.74 Å². The second-order valence-electron chi connectivity index (χ2n) is 8.41. The zero-order valence-electron chi connectivity index (χ0n) is 19.7. The number of sulfonamides is 1. The molecule has 2 aromatic carbocycles. The molecular weight excluding hydrogens is 507 g/mol. The van der Waals surface area contributed by atoms with Crippen molar-refractivity contribution in [3.8, 4) is 16.9 Å². The van der Waals surface area contributed by atoms with Gasteiger partial charge in [-0.1, -0.05) is 29.8 Å². The number of carbonyl (C=O) groups is 1. The molecule has 10 heteroatoms. The highest BCUT2D eigenvalue weighted by molar-refractivity contribution is 7.89. The number of piperidine rings is 1. The second kappa shape index (κ2) is 10.9. The second-order valence-corrected chi connectivity index (χ2v) is 10.8. The van der Waals surface area contributed by atoms with Gasteiger partial charge in [0.25, 0.3) is 0 Å². The highest BCUT2D eigenvalue weighted by atomic mass is 35.5. The fourth-order valence-corrected chi connectivity index (χ4v) is 5.85. The maximum Gasteiger partial charge on any atom is 0.343 e. The van der Waals surface area contributed by atoms with Crippen molar-refractivity contribution < 1.29 is 27.1 Å². The number of rotatable bonds is 8. The third-order valence-corrected chi connectivity index (χ3v) is 8.18. The number of aromatic nitrogens is 1. The van der Waals surface area contributed by atoms with Crippen molar-refractivity contribution in [1.82, 2.24) is 9.29 Å². The lowest BCUT2D eigenvalue weighted by molar-refractivity contribution is -0.160. The molecule has 0 amide bonds. The van der Waals surface area contributed by atoms with Crippen molar-refractivity contribution in [2.75, 3.05) is 19.7 Å². The van der Waals surface area contributed by atoms with Crippen LogP contribution in [0.15, 0.2) is 71.9 Å². The summed E-state index contributed by atoms with van der Waals surface area (Å²) in [5.41, 5.74) is -0.295. The van der Waals surface area contributed by atoms with Gasteiger partial charge in [-0.25, -0.2) is 17.6 Å². The molecule has 0 spiro atoms. The Hall–Kier alpha value is -3.01. The Labute approximate surface area is 214 Å². The molecule has 0 aliphatic carbocycles. The van der Waals surface area contributed by atoms with E-state index in [9.17, 15) is 13.2 Å². The van der Waals surface area contributed by atoms with Gasteiger partial charge in [0.05, 0.1) is 11.5 Å². The first-order chi connectivity index (χ1) is 17.2. The van der Waals surface area contributed by atoms with Crippen LogP contribution in [0.3, 0.4) is 0 Å². The van der Waals surface area contributed by atoms with Crippen molar-refractivity contribution in [1.29, 1.82) is 0 Å². The molecule has 190 valence electrons. The van der Waals surface area contributed by atoms with Crippen LogP contribution in [0.2, 0.25) is 5.02 Å². The van der Waals surface area contributed by atoms with Gasteiger partial charge in [0.1, 0.15) is 12.4 Å². The summed E-state index contributed by atoms with van der Waals surface area (Å²) in [4.78, 5) is 16.1. The van der Waals surface area contributed by atoms with Gasteiger partial charge >= 0.3 is 5.97 Å². The molecule has 0 atom stereocenters. The minimum atomic E-state index is -4.01. The van der Waals surface area contributed by atoms with Crippen LogP contribution >= 0.6 is 11.6 Å². The van der Waals surface area contributed by atoms with Gasteiger partial charge in [0.2, 0.25) is 15.7 Å². The van der Waals surface area contributed by atoms with Crippen LogP contribution in [0.4, 0.5) is 4.39 Å². The molecule has 0 unspecified atom stereocenters. The number of pyridine rings is 1. The SMILES string of the molecule is CCOC(=O)C1(F)CCN(S(=O)(=O)c2ccc(Cl)cc2-c2cccc(OCc3cccnc3)c2)CC1. The van der Waals surface area contributed by atoms with Crippen molar-refractivity contribution in [3.63, 3.8) is 0 Å². The Morgan fingerprint density at radius 1 is 1.14 bits per heavy atom. The molecule has 1 saturated heterocycles. The van der Waals surface area contributed by atoms with Gasteiger partial charge in [-0.3, -0.25) is 4.98 Å². The first-order valence-electron chi connectivity index (χ1n) is 11.5. The van der Waals surface area contributed by atoms with E-state index >= 15 is 4.39 Å². The minimum absolute atomic E-state index is 0.0406. The van der Waals surface area contributed by atoms with Gasteiger partial charge in [-0.2, -0.15) is 4.31 Å². The molecule has 0 N–H and O–H groups in total. The van der Waals surface area contributed by atoms with E-state index in [1.54, 1.807) is 49.6 Å². The number of nitrogens with zero attached hydrogens (tertiary/aromatic N) is 2. The number of ether oxygens (including phenoxy) is 2. The smallest absolute Gasteiger partial charge is 0.343 e. The molecular formula is C26H26ClFN2O5S. The van der Waals surface area contributed by atoms with Crippen molar-refractivity contribution in [2.45, 2.75) is 36.9 Å². The molecule has 0 bridgehead atoms. The largest absolute Gasteiger partial charge is 0.489 e. The molecule has 2 heterocycles. The summed E-state index contributed by atoms with van der Waals surface area (Å²) in [6.45, 7) is 1.67. The molecule has 1 aliphatic rings. The summed E-state index contributed by atoms with van der Waals surface area (Å²) in [6.07, 6.45) is 2.84. The third-order valence-electron chi connectivity index (χ3n) is 5.99. The van der Waals surface area contributed by atoms with E-state index in [1.807, 2.05) is 12.1 Å². The number of esters is 1. The Morgan fingerprint density at radius 3 is 2.61 bits per heavy atom. The highest BCUT2D eigenvalue weighted by Crippen LogP contribution is 2.36. The molecule has 4 rings (SSSR count). The predicted molar refractivity (Wildman–Crippen MR) is 134 cm³/mol. The van der Waals surface area contributed by atoms with Crippen LogP contribution in [-0.2, 0) is 26.2 Å². The van der Waals surface area contributed by atoms with Crippen LogP contribution in [0.25, 0.3) is 11.1 Å². The number of benzene rings is 2. The number of alkyl halides is 1. The average Bonchev–Trinajstić information content (AvgIpc) is 2.88. The van der Waals surface area contributed by atoms with E-state index in [0.717, 1.165) is 5.56 Å². The van der Waals surface area contributed by atoms with E-state index in [4.69, 9.17) is 21.1 Å². The summed E-state index contributed by atoms with van der Waals surface area (Å²) < 4.78 is 54.1. The van der Waals surface area contributed by atoms with E-state index in [1.165, 1.54) is 16.4 Å². The first kappa shape index (κ1) is 26.1. The Bertz CT molecular complexity index is 1330. The van der Waals surface area contributed by atoms with Gasteiger partial charge < -0.3 is 9.47 Å². The average molecular weight is 533 g/mol. The number of hydrogen-bond acceptors (Lipinski definition) is 6. The van der Waals surface area contributed by atoms with Crippen LogP contribution in [0, 0.1) is 0 Å². The third kappa shape index (κ3) is 5.69. The normalized spacial score (nSPS) is 15.9. The van der Waals surface area contributed by atoms with E-state index in [2.05, 4.69) is 4.98 Å². The summed E-state index contributed by atoms with van der Waals surface area (Å²) in [5.74, 6) is -0.397. The molecule has 1 aromatic heterocycles. The fourth-order valence-electron chi connectivity index (χ4n) is 4.04. The van der Waals surface area contributed by atoms with Crippen molar-refractivity contribution >= 4 is 27.6 Å². The highest BCUT2D eigenvalue weighted by Gasteiger charge is 2.45. The van der Waals surface area contributed by atoms with Crippen molar-refractivity contribution in [3.05, 3.63) is 77.6 Å². The first-order valence-corrected chi connectivity index (χ1v) is 13.3.